The zero-order valence-electron chi connectivity index (χ0n) is 51.0. The molecule has 0 bridgehead atoms. The average Bonchev–Trinajstić information content (AvgIpc) is 3.53. The van der Waals surface area contributed by atoms with Crippen molar-refractivity contribution in [2.45, 2.75) is 302 Å². The number of carbonyl (C=O) groups excluding carboxylic acids is 3. The number of esters is 3. The molecule has 6 atom stereocenters. The average molecular weight is 1140 g/mol. The van der Waals surface area contributed by atoms with Crippen LogP contribution in [0.3, 0.4) is 0 Å². The number of ether oxygens (including phenoxy) is 5. The quantitative estimate of drug-likeness (QED) is 0.0228. The summed E-state index contributed by atoms with van der Waals surface area (Å²) in [7, 11) is 0. The van der Waals surface area contributed by atoms with Crippen molar-refractivity contribution in [1.29, 1.82) is 0 Å². The number of hydrogen-bond acceptors (Lipinski definition) is 11. The molecule has 1 aliphatic heterocycles. The van der Waals surface area contributed by atoms with E-state index in [1.807, 2.05) is 0 Å². The molecule has 6 unspecified atom stereocenters. The van der Waals surface area contributed by atoms with Crippen LogP contribution in [0.1, 0.15) is 265 Å². The molecule has 0 amide bonds. The van der Waals surface area contributed by atoms with E-state index < -0.39 is 67.3 Å². The van der Waals surface area contributed by atoms with E-state index in [1.165, 1.54) is 38.5 Å². The zero-order chi connectivity index (χ0) is 58.9. The van der Waals surface area contributed by atoms with Crippen molar-refractivity contribution in [1.82, 2.24) is 0 Å². The van der Waals surface area contributed by atoms with E-state index in [-0.39, 0.29) is 25.9 Å². The molecule has 0 aliphatic carbocycles. The van der Waals surface area contributed by atoms with Gasteiger partial charge in [-0.2, -0.15) is 0 Å². The molecule has 0 saturated carbocycles. The molecule has 0 spiro atoms. The molecule has 0 aromatic rings. The molecule has 1 heterocycles. The number of carbonyl (C=O) groups is 4. The third-order valence-corrected chi connectivity index (χ3v) is 14.1. The fourth-order valence-electron chi connectivity index (χ4n) is 9.25. The van der Waals surface area contributed by atoms with Gasteiger partial charge in [0.05, 0.1) is 6.61 Å². The van der Waals surface area contributed by atoms with Crippen LogP contribution >= 0.6 is 0 Å². The van der Waals surface area contributed by atoms with Gasteiger partial charge in [0.2, 0.25) is 0 Å². The summed E-state index contributed by atoms with van der Waals surface area (Å²) in [6.45, 7) is 5.76. The van der Waals surface area contributed by atoms with Gasteiger partial charge in [0.15, 0.2) is 24.6 Å². The highest BCUT2D eigenvalue weighted by Crippen LogP contribution is 2.26. The number of unbranched alkanes of at least 4 members (excludes halogenated alkanes) is 24. The van der Waals surface area contributed by atoms with Crippen molar-refractivity contribution < 1.29 is 58.2 Å². The van der Waals surface area contributed by atoms with Crippen LogP contribution in [0.2, 0.25) is 0 Å². The number of carboxylic acids is 1. The SMILES string of the molecule is CC/C=C\C/C=C\C/C=C\C/C=C\CCCCCCCCC(=O)OCC(COC1OC(C(=O)O)C(O)C(O)C1OC(=O)CCCCCCCCC/C=C\C/C=C\C/C=C\CC)OC(=O)CCCCCCC/C=C\CCCCCCCC. The third kappa shape index (κ3) is 45.8. The van der Waals surface area contributed by atoms with E-state index in [0.717, 1.165) is 167 Å². The minimum atomic E-state index is -1.91. The fourth-order valence-corrected chi connectivity index (χ4v) is 9.25. The van der Waals surface area contributed by atoms with E-state index in [4.69, 9.17) is 23.7 Å². The molecule has 1 fully saturated rings. The molecule has 0 aromatic carbocycles. The first-order chi connectivity index (χ1) is 39.6. The summed E-state index contributed by atoms with van der Waals surface area (Å²) in [6, 6.07) is 0. The van der Waals surface area contributed by atoms with Crippen LogP contribution in [-0.2, 0) is 42.9 Å². The van der Waals surface area contributed by atoms with E-state index in [9.17, 15) is 34.5 Å². The minimum Gasteiger partial charge on any atom is -0.479 e. The van der Waals surface area contributed by atoms with Crippen LogP contribution in [0.5, 0.6) is 0 Å². The summed E-state index contributed by atoms with van der Waals surface area (Å²) in [5.41, 5.74) is 0. The van der Waals surface area contributed by atoms with Gasteiger partial charge in [-0.25, -0.2) is 4.79 Å². The number of rotatable bonds is 54. The third-order valence-electron chi connectivity index (χ3n) is 14.1. The van der Waals surface area contributed by atoms with Crippen molar-refractivity contribution in [3.63, 3.8) is 0 Å². The molecule has 1 saturated heterocycles. The van der Waals surface area contributed by atoms with Gasteiger partial charge in [-0.15, -0.1) is 0 Å². The second-order valence-corrected chi connectivity index (χ2v) is 21.6. The molecular formula is C69H114O12. The summed E-state index contributed by atoms with van der Waals surface area (Å²) in [6.07, 6.45) is 62.1. The molecule has 12 heteroatoms. The number of aliphatic hydroxyl groups is 2. The molecule has 0 aromatic heterocycles. The predicted molar refractivity (Wildman–Crippen MR) is 331 cm³/mol. The van der Waals surface area contributed by atoms with Crippen molar-refractivity contribution in [2.24, 2.45) is 0 Å². The first-order valence-corrected chi connectivity index (χ1v) is 32.2. The van der Waals surface area contributed by atoms with Crippen LogP contribution in [0.4, 0.5) is 0 Å². The molecule has 12 nitrogen and oxygen atoms in total. The van der Waals surface area contributed by atoms with Gasteiger partial charge < -0.3 is 39.0 Å². The molecule has 81 heavy (non-hydrogen) atoms. The van der Waals surface area contributed by atoms with Gasteiger partial charge in [0, 0.05) is 19.3 Å². The van der Waals surface area contributed by atoms with Gasteiger partial charge in [-0.05, 0) is 116 Å². The van der Waals surface area contributed by atoms with Crippen LogP contribution in [0.15, 0.2) is 97.2 Å². The Labute approximate surface area is 492 Å². The summed E-state index contributed by atoms with van der Waals surface area (Å²) in [4.78, 5) is 51.3. The van der Waals surface area contributed by atoms with Gasteiger partial charge in [0.25, 0.3) is 0 Å². The van der Waals surface area contributed by atoms with Crippen LogP contribution in [0.25, 0.3) is 0 Å². The molecule has 3 N–H and O–H groups in total. The zero-order valence-corrected chi connectivity index (χ0v) is 51.0. The van der Waals surface area contributed by atoms with Crippen molar-refractivity contribution in [2.75, 3.05) is 13.2 Å². The van der Waals surface area contributed by atoms with Crippen LogP contribution < -0.4 is 0 Å². The Bertz CT molecular complexity index is 1780. The normalized spacial score (nSPS) is 18.4. The topological polar surface area (TPSA) is 175 Å². The van der Waals surface area contributed by atoms with Gasteiger partial charge >= 0.3 is 23.9 Å². The maximum Gasteiger partial charge on any atom is 0.335 e. The van der Waals surface area contributed by atoms with Gasteiger partial charge in [-0.1, -0.05) is 227 Å². The maximum absolute atomic E-state index is 13.2. The highest BCUT2D eigenvalue weighted by atomic mass is 16.7. The Morgan fingerprint density at radius 3 is 1.20 bits per heavy atom. The lowest BCUT2D eigenvalue weighted by atomic mass is 9.98. The Hall–Kier alpha value is -4.36. The second-order valence-electron chi connectivity index (χ2n) is 21.6. The van der Waals surface area contributed by atoms with Crippen molar-refractivity contribution in [3.05, 3.63) is 97.2 Å². The van der Waals surface area contributed by atoms with E-state index in [0.29, 0.717) is 19.3 Å². The Kier molecular flexibility index (Phi) is 51.7. The lowest BCUT2D eigenvalue weighted by Crippen LogP contribution is -2.61. The van der Waals surface area contributed by atoms with Crippen LogP contribution in [-0.4, -0.2) is 89.2 Å². The fraction of sp³-hybridized carbons (Fsp3) is 0.710. The standard InChI is InChI=1S/C69H114O12/c1-4-7-10-13-16-19-22-25-28-30-31-33-35-37-40-43-46-49-52-55-61(70)77-58-60(79-62(71)56-53-50-47-44-41-38-34-27-24-21-18-15-12-9-6-3)59-78-69-67(65(74)64(73)66(81-69)68(75)76)80-63(72)57-54-51-48-45-42-39-36-32-29-26-23-20-17-14-11-8-5-2/h7-8,10-11,16-17,19-20,25-29,31,33-34,60,64-67,69,73-74H,4-6,9,12-15,18,21-24,30,32,35-59H2,1-3H3,(H,75,76)/b10-7-,11-8-,19-16-,20-17-,28-25-,29-26-,33-31-,34-27-. The van der Waals surface area contributed by atoms with Crippen molar-refractivity contribution >= 4 is 23.9 Å². The number of hydrogen-bond donors (Lipinski definition) is 3. The Morgan fingerprint density at radius 2 is 0.778 bits per heavy atom. The van der Waals surface area contributed by atoms with E-state index in [2.05, 4.69) is 118 Å². The largest absolute Gasteiger partial charge is 0.479 e. The number of carboxylic acid groups (broad SMARTS) is 1. The lowest BCUT2D eigenvalue weighted by molar-refractivity contribution is -0.301. The summed E-state index contributed by atoms with van der Waals surface area (Å²) >= 11 is 0. The first-order valence-electron chi connectivity index (χ1n) is 32.2. The summed E-state index contributed by atoms with van der Waals surface area (Å²) in [5, 5.41) is 31.6. The first kappa shape index (κ1) is 74.7. The molecular weight excluding hydrogens is 1020 g/mol. The van der Waals surface area contributed by atoms with Gasteiger partial charge in [0.1, 0.15) is 18.8 Å². The molecule has 1 rings (SSSR count). The van der Waals surface area contributed by atoms with Crippen LogP contribution in [0, 0.1) is 0 Å². The Morgan fingerprint density at radius 1 is 0.420 bits per heavy atom. The number of aliphatic carboxylic acids is 1. The highest BCUT2D eigenvalue weighted by molar-refractivity contribution is 5.74. The van der Waals surface area contributed by atoms with E-state index in [1.54, 1.807) is 0 Å². The Balaban J connectivity index is 2.68. The second kappa shape index (κ2) is 56.1. The minimum absolute atomic E-state index is 0.0434. The van der Waals surface area contributed by atoms with E-state index >= 15 is 0 Å². The highest BCUT2D eigenvalue weighted by Gasteiger charge is 2.50. The summed E-state index contributed by atoms with van der Waals surface area (Å²) in [5.74, 6) is -3.16. The monoisotopic (exact) mass is 1130 g/mol. The predicted octanol–water partition coefficient (Wildman–Crippen LogP) is 17.2. The lowest BCUT2D eigenvalue weighted by Gasteiger charge is -2.40. The number of aliphatic hydroxyl groups excluding tert-OH is 2. The smallest absolute Gasteiger partial charge is 0.335 e. The maximum atomic E-state index is 13.2. The molecule has 462 valence electrons. The molecule has 1 aliphatic rings. The number of allylic oxidation sites excluding steroid dienone is 16. The van der Waals surface area contributed by atoms with Gasteiger partial charge in [-0.3, -0.25) is 14.4 Å². The van der Waals surface area contributed by atoms with Crippen molar-refractivity contribution in [3.8, 4) is 0 Å². The summed E-state index contributed by atoms with van der Waals surface area (Å²) < 4.78 is 28.5. The molecule has 0 radical (unpaired) electrons.